The summed E-state index contributed by atoms with van der Waals surface area (Å²) in [5, 5.41) is 11.9. The second kappa shape index (κ2) is 6.73. The first-order valence-corrected chi connectivity index (χ1v) is 6.75. The molecule has 0 amide bonds. The Bertz CT molecular complexity index is 433. The third-order valence-corrected chi connectivity index (χ3v) is 3.82. The summed E-state index contributed by atoms with van der Waals surface area (Å²) in [7, 11) is 0. The number of carbonyl (C=O) groups is 1. The van der Waals surface area contributed by atoms with Crippen molar-refractivity contribution >= 4 is 27.6 Å². The smallest absolute Gasteiger partial charge is 0.336 e. The van der Waals surface area contributed by atoms with Gasteiger partial charge in [0.25, 0.3) is 0 Å². The van der Waals surface area contributed by atoms with E-state index in [9.17, 15) is 9.18 Å². The van der Waals surface area contributed by atoms with Gasteiger partial charge in [0.15, 0.2) is 5.82 Å². The minimum Gasteiger partial charge on any atom is -0.478 e. The van der Waals surface area contributed by atoms with Gasteiger partial charge in [0.1, 0.15) is 0 Å². The number of anilines is 1. The Hall–Kier alpha value is -1.10. The molecular weight excluding hydrogens is 301 g/mol. The predicted molar refractivity (Wildman–Crippen MR) is 73.6 cm³/mol. The maximum absolute atomic E-state index is 13.9. The van der Waals surface area contributed by atoms with Crippen molar-refractivity contribution in [2.45, 2.75) is 26.7 Å². The zero-order valence-electron chi connectivity index (χ0n) is 10.5. The molecule has 0 spiro atoms. The van der Waals surface area contributed by atoms with Gasteiger partial charge in [0.05, 0.1) is 15.7 Å². The van der Waals surface area contributed by atoms with Crippen LogP contribution >= 0.6 is 15.9 Å². The first kappa shape index (κ1) is 15.0. The van der Waals surface area contributed by atoms with Crippen molar-refractivity contribution in [3.8, 4) is 0 Å². The summed E-state index contributed by atoms with van der Waals surface area (Å²) in [5.41, 5.74) is 0.263. The fourth-order valence-electron chi connectivity index (χ4n) is 1.68. The van der Waals surface area contributed by atoms with Gasteiger partial charge >= 0.3 is 5.97 Å². The van der Waals surface area contributed by atoms with Crippen molar-refractivity contribution in [1.29, 1.82) is 0 Å². The van der Waals surface area contributed by atoms with Crippen LogP contribution in [-0.2, 0) is 0 Å². The van der Waals surface area contributed by atoms with E-state index < -0.39 is 11.8 Å². The third-order valence-electron chi connectivity index (χ3n) is 3.05. The SMILES string of the molecule is CCC(CC)CNc1ccc(C(=O)O)c(Br)c1F. The molecule has 0 radical (unpaired) electrons. The highest BCUT2D eigenvalue weighted by atomic mass is 79.9. The molecule has 0 unspecified atom stereocenters. The monoisotopic (exact) mass is 317 g/mol. The van der Waals surface area contributed by atoms with Gasteiger partial charge in [-0.05, 0) is 34.0 Å². The van der Waals surface area contributed by atoms with E-state index in [4.69, 9.17) is 5.11 Å². The molecule has 5 heteroatoms. The minimum atomic E-state index is -1.15. The number of hydrogen-bond donors (Lipinski definition) is 2. The fourth-order valence-corrected chi connectivity index (χ4v) is 2.20. The molecule has 1 aromatic rings. The van der Waals surface area contributed by atoms with Gasteiger partial charge < -0.3 is 10.4 Å². The molecule has 1 rings (SSSR count). The van der Waals surface area contributed by atoms with Gasteiger partial charge in [-0.3, -0.25) is 0 Å². The molecular formula is C13H17BrFNO2. The molecule has 0 atom stereocenters. The molecule has 0 bridgehead atoms. The first-order chi connectivity index (χ1) is 8.51. The van der Waals surface area contributed by atoms with E-state index in [0.29, 0.717) is 18.2 Å². The number of rotatable bonds is 6. The molecule has 100 valence electrons. The zero-order chi connectivity index (χ0) is 13.7. The van der Waals surface area contributed by atoms with Crippen molar-refractivity contribution in [3.63, 3.8) is 0 Å². The highest BCUT2D eigenvalue weighted by Crippen LogP contribution is 2.27. The van der Waals surface area contributed by atoms with Crippen molar-refractivity contribution in [2.24, 2.45) is 5.92 Å². The number of carboxylic acids is 1. The molecule has 3 nitrogen and oxygen atoms in total. The summed E-state index contributed by atoms with van der Waals surface area (Å²) in [5.74, 6) is -1.21. The number of halogens is 2. The van der Waals surface area contributed by atoms with Crippen molar-refractivity contribution in [2.75, 3.05) is 11.9 Å². The van der Waals surface area contributed by atoms with Crippen LogP contribution in [0.5, 0.6) is 0 Å². The van der Waals surface area contributed by atoms with Gasteiger partial charge in [-0.2, -0.15) is 0 Å². The van der Waals surface area contributed by atoms with Crippen LogP contribution in [0, 0.1) is 11.7 Å². The standard InChI is InChI=1S/C13H17BrFNO2/c1-3-8(4-2)7-16-10-6-5-9(13(17)18)11(14)12(10)15/h5-6,8,16H,3-4,7H2,1-2H3,(H,17,18). The average molecular weight is 318 g/mol. The molecule has 1 aromatic carbocycles. The first-order valence-electron chi connectivity index (χ1n) is 5.96. The zero-order valence-corrected chi connectivity index (χ0v) is 12.1. The quantitative estimate of drug-likeness (QED) is 0.829. The van der Waals surface area contributed by atoms with Crippen LogP contribution < -0.4 is 5.32 Å². The van der Waals surface area contributed by atoms with Gasteiger partial charge in [-0.15, -0.1) is 0 Å². The number of benzene rings is 1. The molecule has 2 N–H and O–H groups in total. The Labute approximate surface area is 115 Å². The average Bonchev–Trinajstić information content (AvgIpc) is 2.35. The molecule has 0 saturated heterocycles. The van der Waals surface area contributed by atoms with E-state index in [1.165, 1.54) is 12.1 Å². The number of aromatic carboxylic acids is 1. The Morgan fingerprint density at radius 3 is 2.56 bits per heavy atom. The maximum atomic E-state index is 13.9. The lowest BCUT2D eigenvalue weighted by Gasteiger charge is -2.15. The second-order valence-corrected chi connectivity index (χ2v) is 4.95. The Kier molecular flexibility index (Phi) is 5.59. The maximum Gasteiger partial charge on any atom is 0.336 e. The van der Waals surface area contributed by atoms with Crippen LogP contribution in [0.3, 0.4) is 0 Å². The van der Waals surface area contributed by atoms with Gasteiger partial charge in [0, 0.05) is 6.54 Å². The normalized spacial score (nSPS) is 10.7. The van der Waals surface area contributed by atoms with E-state index in [-0.39, 0.29) is 10.0 Å². The summed E-state index contributed by atoms with van der Waals surface area (Å²) < 4.78 is 13.9. The summed E-state index contributed by atoms with van der Waals surface area (Å²) >= 11 is 2.98. The third kappa shape index (κ3) is 3.45. The van der Waals surface area contributed by atoms with Crippen LogP contribution in [0.4, 0.5) is 10.1 Å². The number of hydrogen-bond acceptors (Lipinski definition) is 2. The number of carboxylic acid groups (broad SMARTS) is 1. The molecule has 0 aliphatic carbocycles. The molecule has 0 saturated carbocycles. The van der Waals surface area contributed by atoms with Crippen LogP contribution in [0.15, 0.2) is 16.6 Å². The largest absolute Gasteiger partial charge is 0.478 e. The van der Waals surface area contributed by atoms with Crippen LogP contribution in [-0.4, -0.2) is 17.6 Å². The van der Waals surface area contributed by atoms with Crippen molar-refractivity contribution in [1.82, 2.24) is 0 Å². The molecule has 18 heavy (non-hydrogen) atoms. The van der Waals surface area contributed by atoms with Crippen molar-refractivity contribution in [3.05, 3.63) is 28.0 Å². The van der Waals surface area contributed by atoms with E-state index in [1.807, 2.05) is 0 Å². The lowest BCUT2D eigenvalue weighted by Crippen LogP contribution is -2.14. The van der Waals surface area contributed by atoms with E-state index in [1.54, 1.807) is 0 Å². The second-order valence-electron chi connectivity index (χ2n) is 4.16. The van der Waals surface area contributed by atoms with E-state index in [2.05, 4.69) is 35.1 Å². The van der Waals surface area contributed by atoms with Gasteiger partial charge in [-0.25, -0.2) is 9.18 Å². The van der Waals surface area contributed by atoms with Gasteiger partial charge in [0.2, 0.25) is 0 Å². The Morgan fingerprint density at radius 1 is 1.44 bits per heavy atom. The molecule has 0 aliphatic heterocycles. The molecule has 0 fully saturated rings. The lowest BCUT2D eigenvalue weighted by molar-refractivity contribution is 0.0695. The van der Waals surface area contributed by atoms with Crippen LogP contribution in [0.1, 0.15) is 37.0 Å². The van der Waals surface area contributed by atoms with Gasteiger partial charge in [-0.1, -0.05) is 26.7 Å². The molecule has 0 heterocycles. The lowest BCUT2D eigenvalue weighted by atomic mass is 10.0. The highest BCUT2D eigenvalue weighted by molar-refractivity contribution is 9.10. The summed E-state index contributed by atoms with van der Waals surface area (Å²) in [4.78, 5) is 10.8. The predicted octanol–water partition coefficient (Wildman–Crippen LogP) is 4.13. The topological polar surface area (TPSA) is 49.3 Å². The van der Waals surface area contributed by atoms with Crippen LogP contribution in [0.2, 0.25) is 0 Å². The summed E-state index contributed by atoms with van der Waals surface area (Å²) in [6.07, 6.45) is 2.05. The summed E-state index contributed by atoms with van der Waals surface area (Å²) in [6, 6.07) is 2.86. The molecule has 0 aromatic heterocycles. The Balaban J connectivity index is 2.86. The Morgan fingerprint density at radius 2 is 2.06 bits per heavy atom. The highest BCUT2D eigenvalue weighted by Gasteiger charge is 2.16. The fraction of sp³-hybridized carbons (Fsp3) is 0.462. The van der Waals surface area contributed by atoms with E-state index in [0.717, 1.165) is 12.8 Å². The minimum absolute atomic E-state index is 0.00968. The van der Waals surface area contributed by atoms with Crippen LogP contribution in [0.25, 0.3) is 0 Å². The summed E-state index contributed by atoms with van der Waals surface area (Å²) in [6.45, 7) is 4.87. The molecule has 0 aliphatic rings. The number of nitrogens with one attached hydrogen (secondary N) is 1. The van der Waals surface area contributed by atoms with Crippen molar-refractivity contribution < 1.29 is 14.3 Å². The van der Waals surface area contributed by atoms with E-state index >= 15 is 0 Å².